The first kappa shape index (κ1) is 19.6. The highest BCUT2D eigenvalue weighted by atomic mass is 16.2. The van der Waals surface area contributed by atoms with Crippen LogP contribution in [0.1, 0.15) is 48.4 Å². The van der Waals surface area contributed by atoms with Crippen LogP contribution in [0.15, 0.2) is 48.5 Å². The lowest BCUT2D eigenvalue weighted by atomic mass is 10.1. The fourth-order valence-electron chi connectivity index (χ4n) is 3.51. The second-order valence-electron chi connectivity index (χ2n) is 7.12. The number of anilines is 2. The van der Waals surface area contributed by atoms with Crippen molar-refractivity contribution in [3.05, 3.63) is 59.7 Å². The molecular formula is C22H25N3O3. The summed E-state index contributed by atoms with van der Waals surface area (Å²) in [6.07, 6.45) is 0. The van der Waals surface area contributed by atoms with Gasteiger partial charge in [0.15, 0.2) is 0 Å². The Hall–Kier alpha value is -3.15. The third-order valence-corrected chi connectivity index (χ3v) is 5.02. The fourth-order valence-corrected chi connectivity index (χ4v) is 3.51. The van der Waals surface area contributed by atoms with Crippen LogP contribution in [0.2, 0.25) is 0 Å². The molecule has 0 spiro atoms. The van der Waals surface area contributed by atoms with Crippen molar-refractivity contribution in [2.24, 2.45) is 0 Å². The second kappa shape index (κ2) is 7.84. The summed E-state index contributed by atoms with van der Waals surface area (Å²) in [6.45, 7) is 8.80. The van der Waals surface area contributed by atoms with Gasteiger partial charge in [-0.3, -0.25) is 19.3 Å². The Balaban J connectivity index is 1.72. The molecule has 2 aromatic carbocycles. The normalized spacial score (nSPS) is 14.2. The van der Waals surface area contributed by atoms with E-state index in [1.54, 1.807) is 31.2 Å². The molecule has 0 unspecified atom stereocenters. The highest BCUT2D eigenvalue weighted by Crippen LogP contribution is 2.25. The SMILES string of the molecule is CCN(c1ccc(NC(=O)[C@@H](C)N2C(=O)c3ccccc3C2=O)cc1)C(C)C. The molecule has 0 fully saturated rings. The molecule has 28 heavy (non-hydrogen) atoms. The average Bonchev–Trinajstić information content (AvgIpc) is 2.94. The summed E-state index contributed by atoms with van der Waals surface area (Å²) in [5.74, 6) is -1.28. The Morgan fingerprint density at radius 2 is 1.50 bits per heavy atom. The molecule has 1 aliphatic rings. The number of nitrogens with zero attached hydrogens (tertiary/aromatic N) is 2. The predicted octanol–water partition coefficient (Wildman–Crippen LogP) is 3.54. The first-order valence-electron chi connectivity index (χ1n) is 9.49. The molecular weight excluding hydrogens is 354 g/mol. The van der Waals surface area contributed by atoms with E-state index in [9.17, 15) is 14.4 Å². The van der Waals surface area contributed by atoms with Gasteiger partial charge in [-0.15, -0.1) is 0 Å². The van der Waals surface area contributed by atoms with Crippen LogP contribution in [0.25, 0.3) is 0 Å². The zero-order valence-corrected chi connectivity index (χ0v) is 16.6. The molecule has 2 aromatic rings. The number of fused-ring (bicyclic) bond motifs is 1. The van der Waals surface area contributed by atoms with Crippen LogP contribution >= 0.6 is 0 Å². The third kappa shape index (κ3) is 3.50. The smallest absolute Gasteiger partial charge is 0.262 e. The largest absolute Gasteiger partial charge is 0.369 e. The van der Waals surface area contributed by atoms with Crippen molar-refractivity contribution in [3.8, 4) is 0 Å². The monoisotopic (exact) mass is 379 g/mol. The maximum Gasteiger partial charge on any atom is 0.262 e. The van der Waals surface area contributed by atoms with E-state index in [0.717, 1.165) is 17.1 Å². The minimum absolute atomic E-state index is 0.338. The Kier molecular flexibility index (Phi) is 5.49. The Morgan fingerprint density at radius 3 is 1.96 bits per heavy atom. The van der Waals surface area contributed by atoms with E-state index >= 15 is 0 Å². The van der Waals surface area contributed by atoms with E-state index in [1.807, 2.05) is 24.3 Å². The fraction of sp³-hybridized carbons (Fsp3) is 0.318. The molecule has 0 radical (unpaired) electrons. The Labute approximate surface area is 165 Å². The minimum Gasteiger partial charge on any atom is -0.369 e. The van der Waals surface area contributed by atoms with Crippen molar-refractivity contribution in [3.63, 3.8) is 0 Å². The molecule has 3 amide bonds. The number of nitrogens with one attached hydrogen (secondary N) is 1. The van der Waals surface area contributed by atoms with Crippen molar-refractivity contribution in [2.45, 2.75) is 39.8 Å². The number of carbonyl (C=O) groups excluding carboxylic acids is 3. The molecule has 3 rings (SSSR count). The molecule has 1 N–H and O–H groups in total. The van der Waals surface area contributed by atoms with Crippen LogP contribution in [0.4, 0.5) is 11.4 Å². The van der Waals surface area contributed by atoms with Crippen molar-refractivity contribution < 1.29 is 14.4 Å². The second-order valence-corrected chi connectivity index (χ2v) is 7.12. The van der Waals surface area contributed by atoms with Gasteiger partial charge in [0.2, 0.25) is 5.91 Å². The molecule has 0 aromatic heterocycles. The third-order valence-electron chi connectivity index (χ3n) is 5.02. The van der Waals surface area contributed by atoms with Gasteiger partial charge in [0.25, 0.3) is 11.8 Å². The van der Waals surface area contributed by atoms with Gasteiger partial charge in [-0.2, -0.15) is 0 Å². The summed E-state index contributed by atoms with van der Waals surface area (Å²) >= 11 is 0. The van der Waals surface area contributed by atoms with E-state index in [-0.39, 0.29) is 0 Å². The van der Waals surface area contributed by atoms with Gasteiger partial charge in [-0.1, -0.05) is 12.1 Å². The number of benzene rings is 2. The summed E-state index contributed by atoms with van der Waals surface area (Å²) in [5.41, 5.74) is 2.37. The maximum atomic E-state index is 12.7. The van der Waals surface area contributed by atoms with E-state index < -0.39 is 23.8 Å². The van der Waals surface area contributed by atoms with E-state index in [2.05, 4.69) is 31.0 Å². The van der Waals surface area contributed by atoms with Crippen LogP contribution in [0.5, 0.6) is 0 Å². The van der Waals surface area contributed by atoms with Crippen molar-refractivity contribution in [1.82, 2.24) is 4.90 Å². The Morgan fingerprint density at radius 1 is 0.964 bits per heavy atom. The molecule has 146 valence electrons. The summed E-state index contributed by atoms with van der Waals surface area (Å²) in [5, 5.41) is 2.80. The van der Waals surface area contributed by atoms with Gasteiger partial charge in [0, 0.05) is 24.0 Å². The molecule has 1 aliphatic heterocycles. The first-order chi connectivity index (χ1) is 13.3. The van der Waals surface area contributed by atoms with Crippen LogP contribution in [-0.4, -0.2) is 41.2 Å². The van der Waals surface area contributed by atoms with Gasteiger partial charge in [-0.05, 0) is 64.1 Å². The summed E-state index contributed by atoms with van der Waals surface area (Å²) in [4.78, 5) is 41.0. The zero-order chi connectivity index (χ0) is 20.4. The van der Waals surface area contributed by atoms with E-state index in [4.69, 9.17) is 0 Å². The van der Waals surface area contributed by atoms with Crippen LogP contribution in [-0.2, 0) is 4.79 Å². The standard InChI is InChI=1S/C22H25N3O3/c1-5-24(14(2)3)17-12-10-16(11-13-17)23-20(26)15(4)25-21(27)18-8-6-7-9-19(18)22(25)28/h6-15H,5H2,1-4H3,(H,23,26)/t15-/m1/s1. The van der Waals surface area contributed by atoms with Gasteiger partial charge in [0.05, 0.1) is 11.1 Å². The molecule has 0 saturated carbocycles. The number of carbonyl (C=O) groups is 3. The molecule has 1 atom stereocenters. The first-order valence-corrected chi connectivity index (χ1v) is 9.49. The number of imide groups is 1. The maximum absolute atomic E-state index is 12.7. The average molecular weight is 379 g/mol. The van der Waals surface area contributed by atoms with Gasteiger partial charge in [0.1, 0.15) is 6.04 Å². The van der Waals surface area contributed by atoms with Crippen molar-refractivity contribution in [2.75, 3.05) is 16.8 Å². The lowest BCUT2D eigenvalue weighted by Gasteiger charge is -2.27. The number of hydrogen-bond acceptors (Lipinski definition) is 4. The quantitative estimate of drug-likeness (QED) is 0.780. The van der Waals surface area contributed by atoms with Crippen LogP contribution in [0, 0.1) is 0 Å². The predicted molar refractivity (Wildman–Crippen MR) is 110 cm³/mol. The summed E-state index contributed by atoms with van der Waals surface area (Å²) in [6, 6.07) is 13.6. The highest BCUT2D eigenvalue weighted by Gasteiger charge is 2.40. The lowest BCUT2D eigenvalue weighted by Crippen LogP contribution is -2.45. The molecule has 0 aliphatic carbocycles. The number of amides is 3. The number of rotatable bonds is 6. The molecule has 6 heteroatoms. The molecule has 6 nitrogen and oxygen atoms in total. The van der Waals surface area contributed by atoms with Crippen LogP contribution in [0.3, 0.4) is 0 Å². The topological polar surface area (TPSA) is 69.7 Å². The van der Waals surface area contributed by atoms with Gasteiger partial charge >= 0.3 is 0 Å². The summed E-state index contributed by atoms with van der Waals surface area (Å²) < 4.78 is 0. The Bertz CT molecular complexity index is 870. The van der Waals surface area contributed by atoms with Crippen LogP contribution < -0.4 is 10.2 Å². The molecule has 0 saturated heterocycles. The zero-order valence-electron chi connectivity index (χ0n) is 16.6. The van der Waals surface area contributed by atoms with Crippen molar-refractivity contribution in [1.29, 1.82) is 0 Å². The van der Waals surface area contributed by atoms with E-state index in [0.29, 0.717) is 22.9 Å². The molecule has 0 bridgehead atoms. The highest BCUT2D eigenvalue weighted by molar-refractivity contribution is 6.23. The molecule has 1 heterocycles. The van der Waals surface area contributed by atoms with Gasteiger partial charge in [-0.25, -0.2) is 0 Å². The van der Waals surface area contributed by atoms with Crippen molar-refractivity contribution >= 4 is 29.1 Å². The number of hydrogen-bond donors (Lipinski definition) is 1. The minimum atomic E-state index is -0.908. The van der Waals surface area contributed by atoms with E-state index in [1.165, 1.54) is 0 Å². The van der Waals surface area contributed by atoms with Gasteiger partial charge < -0.3 is 10.2 Å². The lowest BCUT2D eigenvalue weighted by molar-refractivity contribution is -0.119. The summed E-state index contributed by atoms with van der Waals surface area (Å²) in [7, 11) is 0.